The van der Waals surface area contributed by atoms with Crippen molar-refractivity contribution >= 4 is 28.6 Å². The Labute approximate surface area is 193 Å². The van der Waals surface area contributed by atoms with Crippen molar-refractivity contribution in [3.05, 3.63) is 0 Å². The zero-order valence-electron chi connectivity index (χ0n) is 18.0. The highest BCUT2D eigenvalue weighted by Gasteiger charge is 1.99. The number of alkyl halides is 1. The standard InChI is InChI=1S/C19H37IO10/c1-22-19(21)18-30-17-16-29-15-14-28-13-12-27-11-10-26-9-8-25-7-6-24-5-4-23-3-2-20/h2-18H2,1H3. The first-order valence-electron chi connectivity index (χ1n) is 10.1. The third kappa shape index (κ3) is 25.9. The SMILES string of the molecule is COC(=O)COCCOCCOCCOCCOCCOCCOCCOCCI. The molecular weight excluding hydrogens is 515 g/mol. The summed E-state index contributed by atoms with van der Waals surface area (Å²) in [4.78, 5) is 10.8. The molecule has 0 aliphatic carbocycles. The molecule has 0 atom stereocenters. The van der Waals surface area contributed by atoms with Gasteiger partial charge in [0.1, 0.15) is 6.61 Å². The summed E-state index contributed by atoms with van der Waals surface area (Å²) in [5, 5.41) is 0. The number of rotatable bonds is 25. The van der Waals surface area contributed by atoms with E-state index in [-0.39, 0.29) is 6.61 Å². The van der Waals surface area contributed by atoms with Gasteiger partial charge in [0.05, 0.1) is 106 Å². The van der Waals surface area contributed by atoms with Crippen LogP contribution in [0.15, 0.2) is 0 Å². The molecule has 0 radical (unpaired) electrons. The Morgan fingerprint density at radius 1 is 0.500 bits per heavy atom. The van der Waals surface area contributed by atoms with Crippen LogP contribution >= 0.6 is 22.6 Å². The van der Waals surface area contributed by atoms with Crippen LogP contribution in [0.4, 0.5) is 0 Å². The summed E-state index contributed by atoms with van der Waals surface area (Å²) < 4.78 is 48.0. The van der Waals surface area contributed by atoms with E-state index in [0.29, 0.717) is 92.5 Å². The lowest BCUT2D eigenvalue weighted by molar-refractivity contribution is -0.146. The number of halogens is 1. The second-order valence-corrected chi connectivity index (χ2v) is 6.68. The molecule has 0 saturated heterocycles. The largest absolute Gasteiger partial charge is 0.467 e. The third-order valence-electron chi connectivity index (χ3n) is 3.27. The topological polar surface area (TPSA) is 100 Å². The summed E-state index contributed by atoms with van der Waals surface area (Å²) in [5.74, 6) is -0.401. The number of carbonyl (C=O) groups excluding carboxylic acids is 1. The van der Waals surface area contributed by atoms with Crippen molar-refractivity contribution in [3.63, 3.8) is 0 Å². The normalized spacial score (nSPS) is 11.1. The Morgan fingerprint density at radius 2 is 0.767 bits per heavy atom. The average molecular weight is 552 g/mol. The van der Waals surface area contributed by atoms with Crippen molar-refractivity contribution in [2.75, 3.05) is 117 Å². The number of hydrogen-bond donors (Lipinski definition) is 0. The Bertz CT molecular complexity index is 349. The Hall–Kier alpha value is -0.120. The summed E-state index contributed by atoms with van der Waals surface area (Å²) >= 11 is 2.27. The number of esters is 1. The first kappa shape index (κ1) is 29.9. The van der Waals surface area contributed by atoms with Gasteiger partial charge < -0.3 is 42.6 Å². The quantitative estimate of drug-likeness (QED) is 0.0698. The van der Waals surface area contributed by atoms with Gasteiger partial charge >= 0.3 is 5.97 Å². The van der Waals surface area contributed by atoms with E-state index in [1.54, 1.807) is 0 Å². The van der Waals surface area contributed by atoms with Crippen LogP contribution in [0.1, 0.15) is 0 Å². The van der Waals surface area contributed by atoms with Crippen LogP contribution in [0.5, 0.6) is 0 Å². The van der Waals surface area contributed by atoms with Crippen molar-refractivity contribution in [2.45, 2.75) is 0 Å². The van der Waals surface area contributed by atoms with Gasteiger partial charge in [-0.3, -0.25) is 0 Å². The average Bonchev–Trinajstić information content (AvgIpc) is 2.76. The summed E-state index contributed by atoms with van der Waals surface area (Å²) in [5.41, 5.74) is 0. The Kier molecular flexibility index (Phi) is 26.8. The fraction of sp³-hybridized carbons (Fsp3) is 0.947. The minimum absolute atomic E-state index is 0.0609. The molecule has 180 valence electrons. The van der Waals surface area contributed by atoms with Crippen molar-refractivity contribution in [2.24, 2.45) is 0 Å². The molecule has 0 aliphatic heterocycles. The zero-order chi connectivity index (χ0) is 22.0. The van der Waals surface area contributed by atoms with Crippen LogP contribution in [0.3, 0.4) is 0 Å². The maximum atomic E-state index is 10.8. The predicted molar refractivity (Wildman–Crippen MR) is 117 cm³/mol. The molecule has 0 aromatic carbocycles. The van der Waals surface area contributed by atoms with E-state index in [1.807, 2.05) is 0 Å². The second-order valence-electron chi connectivity index (χ2n) is 5.60. The highest BCUT2D eigenvalue weighted by molar-refractivity contribution is 14.1. The molecule has 0 unspecified atom stereocenters. The minimum Gasteiger partial charge on any atom is -0.467 e. The van der Waals surface area contributed by atoms with Crippen molar-refractivity contribution < 1.29 is 47.4 Å². The lowest BCUT2D eigenvalue weighted by atomic mass is 10.6. The van der Waals surface area contributed by atoms with Gasteiger partial charge in [0.25, 0.3) is 0 Å². The lowest BCUT2D eigenvalue weighted by Gasteiger charge is -2.08. The summed E-state index contributed by atoms with van der Waals surface area (Å²) in [6, 6.07) is 0. The number of hydrogen-bond acceptors (Lipinski definition) is 10. The van der Waals surface area contributed by atoms with Gasteiger partial charge in [-0.05, 0) is 0 Å². The van der Waals surface area contributed by atoms with Crippen molar-refractivity contribution in [1.82, 2.24) is 0 Å². The number of carbonyl (C=O) groups is 1. The summed E-state index contributed by atoms with van der Waals surface area (Å²) in [6.45, 7) is 7.79. The van der Waals surface area contributed by atoms with Crippen LogP contribution in [0.25, 0.3) is 0 Å². The Morgan fingerprint density at radius 3 is 1.03 bits per heavy atom. The summed E-state index contributed by atoms with van der Waals surface area (Å²) in [6.07, 6.45) is 0. The fourth-order valence-corrected chi connectivity index (χ4v) is 2.12. The van der Waals surface area contributed by atoms with Gasteiger partial charge in [0, 0.05) is 4.43 Å². The third-order valence-corrected chi connectivity index (χ3v) is 3.71. The zero-order valence-corrected chi connectivity index (χ0v) is 20.1. The molecule has 0 aromatic rings. The molecule has 0 aromatic heterocycles. The van der Waals surface area contributed by atoms with Crippen LogP contribution in [-0.4, -0.2) is 123 Å². The van der Waals surface area contributed by atoms with Gasteiger partial charge in [-0.25, -0.2) is 4.79 Å². The number of ether oxygens (including phenoxy) is 9. The maximum absolute atomic E-state index is 10.8. The fourth-order valence-electron chi connectivity index (χ4n) is 1.81. The molecule has 11 heteroatoms. The van der Waals surface area contributed by atoms with Crippen molar-refractivity contribution in [3.8, 4) is 0 Å². The molecule has 0 rings (SSSR count). The Balaban J connectivity index is 3.01. The van der Waals surface area contributed by atoms with E-state index >= 15 is 0 Å². The van der Waals surface area contributed by atoms with E-state index < -0.39 is 5.97 Å². The van der Waals surface area contributed by atoms with Crippen LogP contribution in [0, 0.1) is 0 Å². The molecule has 0 N–H and O–H groups in total. The van der Waals surface area contributed by atoms with Gasteiger partial charge in [0.2, 0.25) is 0 Å². The molecule has 0 heterocycles. The molecule has 0 saturated carbocycles. The number of methoxy groups -OCH3 is 1. The van der Waals surface area contributed by atoms with Crippen molar-refractivity contribution in [1.29, 1.82) is 0 Å². The highest BCUT2D eigenvalue weighted by Crippen LogP contribution is 1.86. The predicted octanol–water partition coefficient (Wildman–Crippen LogP) is 0.727. The second kappa shape index (κ2) is 26.9. The molecule has 0 spiro atoms. The smallest absolute Gasteiger partial charge is 0.331 e. The highest BCUT2D eigenvalue weighted by atomic mass is 127. The minimum atomic E-state index is -0.401. The first-order chi connectivity index (χ1) is 14.8. The van der Waals surface area contributed by atoms with Crippen LogP contribution in [0.2, 0.25) is 0 Å². The molecule has 30 heavy (non-hydrogen) atoms. The van der Waals surface area contributed by atoms with E-state index in [0.717, 1.165) is 11.0 Å². The molecule has 0 amide bonds. The van der Waals surface area contributed by atoms with E-state index in [4.69, 9.17) is 37.9 Å². The molecule has 0 bridgehead atoms. The molecule has 0 aliphatic rings. The van der Waals surface area contributed by atoms with E-state index in [1.165, 1.54) is 7.11 Å². The molecular formula is C19H37IO10. The van der Waals surface area contributed by atoms with Gasteiger partial charge in [-0.15, -0.1) is 0 Å². The monoisotopic (exact) mass is 552 g/mol. The van der Waals surface area contributed by atoms with Crippen LogP contribution in [-0.2, 0) is 47.4 Å². The summed E-state index contributed by atoms with van der Waals surface area (Å²) in [7, 11) is 1.32. The first-order valence-corrected chi connectivity index (χ1v) is 11.6. The van der Waals surface area contributed by atoms with Crippen LogP contribution < -0.4 is 0 Å². The van der Waals surface area contributed by atoms with Gasteiger partial charge in [-0.1, -0.05) is 22.6 Å². The maximum Gasteiger partial charge on any atom is 0.331 e. The van der Waals surface area contributed by atoms with E-state index in [9.17, 15) is 4.79 Å². The lowest BCUT2D eigenvalue weighted by Crippen LogP contribution is -2.16. The van der Waals surface area contributed by atoms with E-state index in [2.05, 4.69) is 27.3 Å². The van der Waals surface area contributed by atoms with Gasteiger partial charge in [-0.2, -0.15) is 0 Å². The molecule has 0 fully saturated rings. The van der Waals surface area contributed by atoms with Gasteiger partial charge in [0.15, 0.2) is 0 Å². The molecule has 10 nitrogen and oxygen atoms in total.